The molecule has 2 rings (SSSR count). The number of benzene rings is 1. The average molecular weight is 232 g/mol. The number of nitriles is 3. The van der Waals surface area contributed by atoms with E-state index in [1.807, 2.05) is 37.3 Å². The summed E-state index contributed by atoms with van der Waals surface area (Å²) in [6.07, 6.45) is 1.76. The Morgan fingerprint density at radius 3 is 2.33 bits per heavy atom. The number of allylic oxidation sites excluding steroid dienone is 2. The lowest BCUT2D eigenvalue weighted by Gasteiger charge is -2.02. The number of aromatic nitrogens is 1. The van der Waals surface area contributed by atoms with E-state index in [1.54, 1.807) is 22.9 Å². The van der Waals surface area contributed by atoms with Gasteiger partial charge in [-0.15, -0.1) is 0 Å². The molecule has 0 saturated carbocycles. The van der Waals surface area contributed by atoms with E-state index in [1.165, 1.54) is 0 Å². The molecule has 0 N–H and O–H groups in total. The molecule has 0 unspecified atom stereocenters. The third-order valence-electron chi connectivity index (χ3n) is 2.72. The Kier molecular flexibility index (Phi) is 2.83. The predicted octanol–water partition coefficient (Wildman–Crippen LogP) is 2.73. The largest absolute Gasteiger partial charge is 0.306 e. The number of hydrogen-bond acceptors (Lipinski definition) is 3. The Morgan fingerprint density at radius 2 is 1.72 bits per heavy atom. The van der Waals surface area contributed by atoms with Crippen LogP contribution in [0.2, 0.25) is 0 Å². The fraction of sp³-hybridized carbons (Fsp3) is 0.0714. The normalized spacial score (nSPS) is 9.22. The van der Waals surface area contributed by atoms with Crippen molar-refractivity contribution in [2.45, 2.75) is 6.92 Å². The lowest BCUT2D eigenvalue weighted by molar-refractivity contribution is 1.16. The second kappa shape index (κ2) is 4.45. The molecule has 1 aromatic carbocycles. The molecule has 0 bridgehead atoms. The minimum atomic E-state index is -0.182. The first-order valence-electron chi connectivity index (χ1n) is 5.24. The van der Waals surface area contributed by atoms with Crippen LogP contribution < -0.4 is 0 Å². The van der Waals surface area contributed by atoms with Gasteiger partial charge in [0.2, 0.25) is 0 Å². The summed E-state index contributed by atoms with van der Waals surface area (Å²) in [4.78, 5) is 0. The summed E-state index contributed by atoms with van der Waals surface area (Å²) in [5.74, 6) is 0. The Labute approximate surface area is 104 Å². The predicted molar refractivity (Wildman–Crippen MR) is 66.7 cm³/mol. The van der Waals surface area contributed by atoms with Gasteiger partial charge in [-0.3, -0.25) is 0 Å². The van der Waals surface area contributed by atoms with E-state index in [4.69, 9.17) is 15.8 Å². The highest BCUT2D eigenvalue weighted by Gasteiger charge is 2.12. The van der Waals surface area contributed by atoms with Crippen LogP contribution in [0.5, 0.6) is 0 Å². The van der Waals surface area contributed by atoms with Gasteiger partial charge in [-0.05, 0) is 18.6 Å². The molecule has 18 heavy (non-hydrogen) atoms. The second-order valence-electron chi connectivity index (χ2n) is 3.76. The molecule has 0 amide bonds. The van der Waals surface area contributed by atoms with Crippen LogP contribution in [0.1, 0.15) is 5.56 Å². The summed E-state index contributed by atoms with van der Waals surface area (Å²) in [7, 11) is 0. The van der Waals surface area contributed by atoms with Crippen molar-refractivity contribution in [3.63, 3.8) is 0 Å². The molecule has 0 spiro atoms. The fourth-order valence-electron chi connectivity index (χ4n) is 1.90. The zero-order valence-corrected chi connectivity index (χ0v) is 9.68. The molecule has 0 aliphatic heterocycles. The molecule has 4 nitrogen and oxygen atoms in total. The van der Waals surface area contributed by atoms with Crippen molar-refractivity contribution in [3.8, 4) is 18.2 Å². The van der Waals surface area contributed by atoms with Crippen LogP contribution >= 0.6 is 0 Å². The zero-order valence-electron chi connectivity index (χ0n) is 9.68. The first kappa shape index (κ1) is 11.5. The fourth-order valence-corrected chi connectivity index (χ4v) is 1.90. The quantitative estimate of drug-likeness (QED) is 0.709. The number of fused-ring (bicyclic) bond motifs is 1. The van der Waals surface area contributed by atoms with Crippen molar-refractivity contribution in [2.75, 3.05) is 0 Å². The first-order chi connectivity index (χ1) is 8.72. The van der Waals surface area contributed by atoms with E-state index in [0.717, 1.165) is 16.5 Å². The van der Waals surface area contributed by atoms with Gasteiger partial charge in [0.05, 0.1) is 5.52 Å². The van der Waals surface area contributed by atoms with Gasteiger partial charge in [0.25, 0.3) is 0 Å². The van der Waals surface area contributed by atoms with E-state index in [2.05, 4.69) is 0 Å². The van der Waals surface area contributed by atoms with E-state index >= 15 is 0 Å². The Morgan fingerprint density at radius 1 is 1.06 bits per heavy atom. The summed E-state index contributed by atoms with van der Waals surface area (Å²) in [6.45, 7) is 1.92. The SMILES string of the molecule is Cc1cn(C(C#N)=C(C#N)C#N)c2ccccc12. The number of hydrogen-bond donors (Lipinski definition) is 0. The van der Waals surface area contributed by atoms with Crippen LogP contribution in [0.15, 0.2) is 36.0 Å². The summed E-state index contributed by atoms with van der Waals surface area (Å²) >= 11 is 0. The molecule has 84 valence electrons. The van der Waals surface area contributed by atoms with Crippen LogP contribution in [-0.4, -0.2) is 4.57 Å². The van der Waals surface area contributed by atoms with E-state index in [0.29, 0.717) is 0 Å². The molecule has 0 saturated heterocycles. The topological polar surface area (TPSA) is 76.3 Å². The van der Waals surface area contributed by atoms with Crippen LogP contribution in [0, 0.1) is 40.9 Å². The molecule has 2 aromatic rings. The first-order valence-corrected chi connectivity index (χ1v) is 5.24. The van der Waals surface area contributed by atoms with Crippen LogP contribution in [0.3, 0.4) is 0 Å². The minimum Gasteiger partial charge on any atom is -0.306 e. The average Bonchev–Trinajstić information content (AvgIpc) is 2.74. The Hall–Kier alpha value is -3.03. The summed E-state index contributed by atoms with van der Waals surface area (Å²) < 4.78 is 1.59. The number of aryl methyl sites for hydroxylation is 1. The highest BCUT2D eigenvalue weighted by Crippen LogP contribution is 2.24. The molecule has 1 heterocycles. The summed E-state index contributed by atoms with van der Waals surface area (Å²) in [6, 6.07) is 13.0. The Bertz CT molecular complexity index is 757. The van der Waals surface area contributed by atoms with Crippen LogP contribution in [-0.2, 0) is 0 Å². The van der Waals surface area contributed by atoms with Crippen molar-refractivity contribution in [1.29, 1.82) is 15.8 Å². The molecule has 0 aliphatic carbocycles. The third-order valence-corrected chi connectivity index (χ3v) is 2.72. The summed E-state index contributed by atoms with van der Waals surface area (Å²) in [5.41, 5.74) is 1.69. The van der Waals surface area contributed by atoms with Crippen LogP contribution in [0.4, 0.5) is 0 Å². The monoisotopic (exact) mass is 232 g/mol. The molecular weight excluding hydrogens is 224 g/mol. The van der Waals surface area contributed by atoms with E-state index in [-0.39, 0.29) is 11.3 Å². The maximum absolute atomic E-state index is 9.15. The molecule has 4 heteroatoms. The second-order valence-corrected chi connectivity index (χ2v) is 3.76. The lowest BCUT2D eigenvalue weighted by atomic mass is 10.2. The van der Waals surface area contributed by atoms with Gasteiger partial charge in [0, 0.05) is 11.6 Å². The number of nitrogens with zero attached hydrogens (tertiary/aromatic N) is 4. The van der Waals surface area contributed by atoms with E-state index < -0.39 is 0 Å². The molecular formula is C14H8N4. The molecule has 0 radical (unpaired) electrons. The summed E-state index contributed by atoms with van der Waals surface area (Å²) in [5, 5.41) is 27.9. The van der Waals surface area contributed by atoms with Crippen molar-refractivity contribution in [2.24, 2.45) is 0 Å². The van der Waals surface area contributed by atoms with Crippen molar-refractivity contribution >= 4 is 16.6 Å². The molecule has 0 aliphatic rings. The highest BCUT2D eigenvalue weighted by atomic mass is 15.0. The number of para-hydroxylation sites is 1. The van der Waals surface area contributed by atoms with Gasteiger partial charge in [0.1, 0.15) is 18.2 Å². The van der Waals surface area contributed by atoms with Gasteiger partial charge in [-0.2, -0.15) is 15.8 Å². The smallest absolute Gasteiger partial charge is 0.164 e. The standard InChI is InChI=1S/C14H8N4/c1-10-9-18(13-5-3-2-4-12(10)13)14(8-17)11(6-15)7-16/h2-5,9H,1H3. The molecule has 0 atom stereocenters. The van der Waals surface area contributed by atoms with Gasteiger partial charge in [0.15, 0.2) is 11.3 Å². The van der Waals surface area contributed by atoms with Gasteiger partial charge < -0.3 is 4.57 Å². The van der Waals surface area contributed by atoms with E-state index in [9.17, 15) is 0 Å². The number of rotatable bonds is 1. The minimum absolute atomic E-state index is 0.0595. The molecule has 1 aromatic heterocycles. The maximum Gasteiger partial charge on any atom is 0.164 e. The highest BCUT2D eigenvalue weighted by molar-refractivity contribution is 5.89. The van der Waals surface area contributed by atoms with Gasteiger partial charge in [-0.1, -0.05) is 18.2 Å². The van der Waals surface area contributed by atoms with Gasteiger partial charge >= 0.3 is 0 Å². The van der Waals surface area contributed by atoms with Crippen molar-refractivity contribution < 1.29 is 0 Å². The molecule has 0 fully saturated rings. The van der Waals surface area contributed by atoms with Crippen LogP contribution in [0.25, 0.3) is 16.6 Å². The Balaban J connectivity index is 2.86. The van der Waals surface area contributed by atoms with Gasteiger partial charge in [-0.25, -0.2) is 0 Å². The maximum atomic E-state index is 9.15. The van der Waals surface area contributed by atoms with Crippen molar-refractivity contribution in [3.05, 3.63) is 41.6 Å². The lowest BCUT2D eigenvalue weighted by Crippen LogP contribution is -1.96. The van der Waals surface area contributed by atoms with Crippen molar-refractivity contribution in [1.82, 2.24) is 4.57 Å². The zero-order chi connectivity index (χ0) is 13.1. The third kappa shape index (κ3) is 1.61.